The van der Waals surface area contributed by atoms with Crippen LogP contribution in [0, 0.1) is 5.92 Å². The summed E-state index contributed by atoms with van der Waals surface area (Å²) < 4.78 is 1.84. The van der Waals surface area contributed by atoms with Crippen molar-refractivity contribution in [3.05, 3.63) is 60.0 Å². The Morgan fingerprint density at radius 3 is 2.82 bits per heavy atom. The molecule has 0 radical (unpaired) electrons. The summed E-state index contributed by atoms with van der Waals surface area (Å²) in [6.45, 7) is 5.96. The third kappa shape index (κ3) is 4.22. The summed E-state index contributed by atoms with van der Waals surface area (Å²) in [5.74, 6) is 0.528. The number of para-hydroxylation sites is 1. The number of nitrogens with zero attached hydrogens (tertiary/aromatic N) is 5. The van der Waals surface area contributed by atoms with E-state index in [0.717, 1.165) is 44.7 Å². The van der Waals surface area contributed by atoms with Crippen molar-refractivity contribution >= 4 is 16.8 Å². The van der Waals surface area contributed by atoms with Crippen LogP contribution in [0.3, 0.4) is 0 Å². The predicted molar refractivity (Wildman–Crippen MR) is 110 cm³/mol. The molecule has 146 valence electrons. The zero-order chi connectivity index (χ0) is 19.5. The summed E-state index contributed by atoms with van der Waals surface area (Å²) >= 11 is 0. The summed E-state index contributed by atoms with van der Waals surface area (Å²) in [5.41, 5.74) is 3.54. The number of carbonyl (C=O) groups excluding carboxylic acids is 1. The Morgan fingerprint density at radius 1 is 1.18 bits per heavy atom. The molecule has 1 atom stereocenters. The summed E-state index contributed by atoms with van der Waals surface area (Å²) in [4.78, 5) is 21.2. The lowest BCUT2D eigenvalue weighted by molar-refractivity contribution is -0.129. The van der Waals surface area contributed by atoms with E-state index in [2.05, 4.69) is 45.4 Å². The Bertz CT molecular complexity index is 961. The van der Waals surface area contributed by atoms with Crippen molar-refractivity contribution in [3.63, 3.8) is 0 Å². The molecule has 3 aromatic rings. The fourth-order valence-electron chi connectivity index (χ4n) is 4.19. The zero-order valence-electron chi connectivity index (χ0n) is 16.6. The summed E-state index contributed by atoms with van der Waals surface area (Å²) in [6, 6.07) is 10.5. The number of benzene rings is 1. The van der Waals surface area contributed by atoms with Gasteiger partial charge in [-0.1, -0.05) is 24.3 Å². The highest BCUT2D eigenvalue weighted by Crippen LogP contribution is 2.22. The van der Waals surface area contributed by atoms with E-state index >= 15 is 0 Å². The van der Waals surface area contributed by atoms with Gasteiger partial charge in [-0.3, -0.25) is 19.4 Å². The van der Waals surface area contributed by atoms with E-state index in [0.29, 0.717) is 5.92 Å². The second kappa shape index (κ2) is 8.10. The molecule has 1 aliphatic heterocycles. The predicted octanol–water partition coefficient (Wildman–Crippen LogP) is 2.49. The molecule has 1 saturated heterocycles. The smallest absolute Gasteiger partial charge is 0.219 e. The Balaban J connectivity index is 1.56. The fourth-order valence-corrected chi connectivity index (χ4v) is 4.19. The molecule has 4 rings (SSSR count). The van der Waals surface area contributed by atoms with Crippen molar-refractivity contribution in [3.8, 4) is 0 Å². The highest BCUT2D eigenvalue weighted by atomic mass is 16.2. The van der Waals surface area contributed by atoms with Gasteiger partial charge >= 0.3 is 0 Å². The Labute approximate surface area is 165 Å². The third-order valence-corrected chi connectivity index (χ3v) is 5.52. The topological polar surface area (TPSA) is 54.3 Å². The van der Waals surface area contributed by atoms with Gasteiger partial charge in [0.25, 0.3) is 0 Å². The molecule has 2 aromatic heterocycles. The molecule has 1 aromatic carbocycles. The maximum Gasteiger partial charge on any atom is 0.219 e. The number of aryl methyl sites for hydroxylation is 1. The minimum absolute atomic E-state index is 0.157. The Kier molecular flexibility index (Phi) is 5.39. The summed E-state index contributed by atoms with van der Waals surface area (Å²) in [6.07, 6.45) is 6.77. The molecule has 6 nitrogen and oxygen atoms in total. The number of amides is 1. The second-order valence-corrected chi connectivity index (χ2v) is 7.78. The number of carbonyl (C=O) groups is 1. The maximum absolute atomic E-state index is 12.1. The molecule has 0 spiro atoms. The van der Waals surface area contributed by atoms with E-state index < -0.39 is 0 Å². The highest BCUT2D eigenvalue weighted by Gasteiger charge is 2.25. The van der Waals surface area contributed by atoms with Gasteiger partial charge in [0.15, 0.2) is 0 Å². The third-order valence-electron chi connectivity index (χ3n) is 5.52. The molecular weight excluding hydrogens is 350 g/mol. The first-order valence-corrected chi connectivity index (χ1v) is 9.86. The first kappa shape index (κ1) is 18.6. The van der Waals surface area contributed by atoms with Gasteiger partial charge in [-0.15, -0.1) is 0 Å². The number of hydrogen-bond donors (Lipinski definition) is 0. The van der Waals surface area contributed by atoms with Crippen molar-refractivity contribution in [2.75, 3.05) is 26.2 Å². The van der Waals surface area contributed by atoms with Crippen LogP contribution in [0.4, 0.5) is 0 Å². The SMILES string of the molecule is CC(=O)N1CCN(Cc2cnn(C)c2)CC(Cc2cccc3cccnc23)C1. The molecule has 6 heteroatoms. The lowest BCUT2D eigenvalue weighted by atomic mass is 9.96. The van der Waals surface area contributed by atoms with Gasteiger partial charge in [0.2, 0.25) is 5.91 Å². The molecule has 1 aliphatic rings. The van der Waals surface area contributed by atoms with Gasteiger partial charge in [0.05, 0.1) is 11.7 Å². The van der Waals surface area contributed by atoms with Crippen LogP contribution in [0.1, 0.15) is 18.1 Å². The quantitative estimate of drug-likeness (QED) is 0.701. The number of fused-ring (bicyclic) bond motifs is 1. The van der Waals surface area contributed by atoms with Crippen LogP contribution in [0.5, 0.6) is 0 Å². The molecule has 0 bridgehead atoms. The average Bonchev–Trinajstić information content (AvgIpc) is 2.98. The molecule has 3 heterocycles. The van der Waals surface area contributed by atoms with Crippen molar-refractivity contribution in [1.82, 2.24) is 24.6 Å². The number of rotatable bonds is 4. The highest BCUT2D eigenvalue weighted by molar-refractivity contribution is 5.81. The van der Waals surface area contributed by atoms with Crippen molar-refractivity contribution < 1.29 is 4.79 Å². The minimum atomic E-state index is 0.157. The molecule has 1 unspecified atom stereocenters. The first-order chi connectivity index (χ1) is 13.6. The lowest BCUT2D eigenvalue weighted by Gasteiger charge is -2.24. The molecule has 0 aliphatic carbocycles. The van der Waals surface area contributed by atoms with E-state index in [1.165, 1.54) is 16.5 Å². The summed E-state index contributed by atoms with van der Waals surface area (Å²) in [5, 5.41) is 5.46. The van der Waals surface area contributed by atoms with Crippen molar-refractivity contribution in [2.24, 2.45) is 13.0 Å². The van der Waals surface area contributed by atoms with E-state index in [1.54, 1.807) is 6.92 Å². The molecule has 1 amide bonds. The largest absolute Gasteiger partial charge is 0.341 e. The van der Waals surface area contributed by atoms with Crippen LogP contribution >= 0.6 is 0 Å². The van der Waals surface area contributed by atoms with Gasteiger partial charge in [-0.25, -0.2) is 0 Å². The first-order valence-electron chi connectivity index (χ1n) is 9.86. The molecule has 28 heavy (non-hydrogen) atoms. The van der Waals surface area contributed by atoms with Gasteiger partial charge in [-0.05, 0) is 24.0 Å². The van der Waals surface area contributed by atoms with Gasteiger partial charge in [0, 0.05) is 70.0 Å². The average molecular weight is 377 g/mol. The van der Waals surface area contributed by atoms with E-state index in [-0.39, 0.29) is 5.91 Å². The van der Waals surface area contributed by atoms with Crippen LogP contribution < -0.4 is 0 Å². The Morgan fingerprint density at radius 2 is 2.04 bits per heavy atom. The van der Waals surface area contributed by atoms with E-state index in [9.17, 15) is 4.79 Å². The summed E-state index contributed by atoms with van der Waals surface area (Å²) in [7, 11) is 1.94. The van der Waals surface area contributed by atoms with Gasteiger partial charge in [-0.2, -0.15) is 5.10 Å². The Hall–Kier alpha value is -2.73. The van der Waals surface area contributed by atoms with E-state index in [4.69, 9.17) is 0 Å². The maximum atomic E-state index is 12.1. The van der Waals surface area contributed by atoms with Crippen LogP contribution in [0.2, 0.25) is 0 Å². The van der Waals surface area contributed by atoms with Crippen molar-refractivity contribution in [2.45, 2.75) is 19.9 Å². The van der Waals surface area contributed by atoms with E-state index in [1.807, 2.05) is 35.1 Å². The number of aromatic nitrogens is 3. The molecule has 0 N–H and O–H groups in total. The molecule has 0 saturated carbocycles. The van der Waals surface area contributed by atoms with Crippen molar-refractivity contribution in [1.29, 1.82) is 0 Å². The zero-order valence-corrected chi connectivity index (χ0v) is 16.6. The lowest BCUT2D eigenvalue weighted by Crippen LogP contribution is -2.34. The second-order valence-electron chi connectivity index (χ2n) is 7.78. The van der Waals surface area contributed by atoms with Crippen LogP contribution in [0.25, 0.3) is 10.9 Å². The minimum Gasteiger partial charge on any atom is -0.341 e. The van der Waals surface area contributed by atoms with Gasteiger partial charge in [0.1, 0.15) is 0 Å². The van der Waals surface area contributed by atoms with Gasteiger partial charge < -0.3 is 4.90 Å². The van der Waals surface area contributed by atoms with Crippen LogP contribution in [0.15, 0.2) is 48.9 Å². The monoisotopic (exact) mass is 377 g/mol. The molecular formula is C22H27N5O. The standard InChI is InChI=1S/C22H27N5O/c1-17(28)27-10-9-26(15-19-12-24-25(2)13-19)14-18(16-27)11-21-6-3-5-20-7-4-8-23-22(20)21/h3-8,12-13,18H,9-11,14-16H2,1-2H3. The molecule has 1 fully saturated rings. The number of pyridine rings is 1. The van der Waals surface area contributed by atoms with Crippen LogP contribution in [-0.2, 0) is 24.8 Å². The normalized spacial score (nSPS) is 18.4. The number of hydrogen-bond acceptors (Lipinski definition) is 4. The van der Waals surface area contributed by atoms with Crippen LogP contribution in [-0.4, -0.2) is 56.7 Å². The fraction of sp³-hybridized carbons (Fsp3) is 0.409.